The van der Waals surface area contributed by atoms with Gasteiger partial charge in [-0.1, -0.05) is 20.4 Å². The largest absolute Gasteiger partial charge is 0.228 e. The molecule has 0 N–H and O–H groups in total. The van der Waals surface area contributed by atoms with Gasteiger partial charge in [0.2, 0.25) is 0 Å². The maximum Gasteiger partial charge on any atom is 0.143 e. The minimum atomic E-state index is 0.303. The monoisotopic (exact) mass is 161 g/mol. The first-order valence-electron chi connectivity index (χ1n) is 3.80. The molecule has 12 heavy (non-hydrogen) atoms. The summed E-state index contributed by atoms with van der Waals surface area (Å²) in [6.45, 7) is 7.89. The van der Waals surface area contributed by atoms with Gasteiger partial charge in [-0.25, -0.2) is 4.68 Å². The van der Waals surface area contributed by atoms with E-state index in [0.717, 1.165) is 5.70 Å². The molecule has 0 atom stereocenters. The minimum absolute atomic E-state index is 0.303. The summed E-state index contributed by atoms with van der Waals surface area (Å²) in [5.41, 5.74) is 1.38. The van der Waals surface area contributed by atoms with Crippen LogP contribution in [-0.2, 0) is 0 Å². The van der Waals surface area contributed by atoms with Crippen LogP contribution in [0.15, 0.2) is 18.8 Å². The number of aromatic nitrogens is 2. The van der Waals surface area contributed by atoms with Gasteiger partial charge in [-0.15, -0.1) is 0 Å². The molecule has 0 saturated heterocycles. The zero-order valence-corrected chi connectivity index (χ0v) is 7.28. The van der Waals surface area contributed by atoms with Crippen molar-refractivity contribution in [2.75, 3.05) is 0 Å². The van der Waals surface area contributed by atoms with Crippen molar-refractivity contribution < 1.29 is 0 Å². The average molecular weight is 161 g/mol. The number of rotatable bonds is 2. The lowest BCUT2D eigenvalue weighted by atomic mass is 10.1. The normalized spacial score (nSPS) is 9.83. The van der Waals surface area contributed by atoms with Gasteiger partial charge in [0.25, 0.3) is 0 Å². The SMILES string of the molecule is C=C(C(C)C)n1nccc1C#N. The van der Waals surface area contributed by atoms with Gasteiger partial charge in [-0.3, -0.25) is 0 Å². The highest BCUT2D eigenvalue weighted by Gasteiger charge is 2.07. The van der Waals surface area contributed by atoms with Crippen LogP contribution in [0.1, 0.15) is 19.5 Å². The molecule has 0 aliphatic heterocycles. The molecule has 3 heteroatoms. The molecule has 0 unspecified atom stereocenters. The van der Waals surface area contributed by atoms with E-state index in [4.69, 9.17) is 5.26 Å². The molecular formula is C9H11N3. The van der Waals surface area contributed by atoms with Gasteiger partial charge in [0.15, 0.2) is 0 Å². The number of nitriles is 1. The minimum Gasteiger partial charge on any atom is -0.228 e. The molecule has 0 amide bonds. The fourth-order valence-electron chi connectivity index (χ4n) is 0.861. The summed E-state index contributed by atoms with van der Waals surface area (Å²) in [6.07, 6.45) is 1.60. The van der Waals surface area contributed by atoms with Gasteiger partial charge >= 0.3 is 0 Å². The number of hydrogen-bond donors (Lipinski definition) is 0. The Hall–Kier alpha value is -1.56. The predicted octanol–water partition coefficient (Wildman–Crippen LogP) is 1.88. The topological polar surface area (TPSA) is 41.6 Å². The van der Waals surface area contributed by atoms with Crippen LogP contribution in [0.2, 0.25) is 0 Å². The average Bonchev–Trinajstić information content (AvgIpc) is 2.49. The lowest BCUT2D eigenvalue weighted by Crippen LogP contribution is -2.05. The molecule has 0 bridgehead atoms. The summed E-state index contributed by atoms with van der Waals surface area (Å²) in [4.78, 5) is 0. The quantitative estimate of drug-likeness (QED) is 0.664. The Morgan fingerprint density at radius 2 is 2.42 bits per heavy atom. The van der Waals surface area contributed by atoms with E-state index in [9.17, 15) is 0 Å². The highest BCUT2D eigenvalue weighted by Crippen LogP contribution is 2.13. The molecule has 3 nitrogen and oxygen atoms in total. The number of nitrogens with zero attached hydrogens (tertiary/aromatic N) is 3. The van der Waals surface area contributed by atoms with E-state index < -0.39 is 0 Å². The van der Waals surface area contributed by atoms with E-state index in [1.54, 1.807) is 16.9 Å². The Kier molecular flexibility index (Phi) is 2.29. The van der Waals surface area contributed by atoms with Gasteiger partial charge < -0.3 is 0 Å². The van der Waals surface area contributed by atoms with Crippen molar-refractivity contribution in [1.82, 2.24) is 9.78 Å². The smallest absolute Gasteiger partial charge is 0.143 e. The van der Waals surface area contributed by atoms with Crippen molar-refractivity contribution in [3.63, 3.8) is 0 Å². The summed E-state index contributed by atoms with van der Waals surface area (Å²) in [6, 6.07) is 3.73. The highest BCUT2D eigenvalue weighted by atomic mass is 15.3. The van der Waals surface area contributed by atoms with Crippen molar-refractivity contribution in [3.05, 3.63) is 24.5 Å². The summed E-state index contributed by atoms with van der Waals surface area (Å²) in [5.74, 6) is 0.303. The Balaban J connectivity index is 3.04. The zero-order chi connectivity index (χ0) is 9.14. The van der Waals surface area contributed by atoms with Crippen molar-refractivity contribution in [2.24, 2.45) is 5.92 Å². The predicted molar refractivity (Wildman–Crippen MR) is 47.1 cm³/mol. The summed E-state index contributed by atoms with van der Waals surface area (Å²) in [5, 5.41) is 12.7. The molecule has 0 aliphatic rings. The highest BCUT2D eigenvalue weighted by molar-refractivity contribution is 5.45. The molecule has 0 radical (unpaired) electrons. The van der Waals surface area contributed by atoms with E-state index in [1.165, 1.54) is 0 Å². The van der Waals surface area contributed by atoms with Crippen molar-refractivity contribution in [1.29, 1.82) is 5.26 Å². The van der Waals surface area contributed by atoms with Crippen LogP contribution in [0, 0.1) is 17.2 Å². The van der Waals surface area contributed by atoms with E-state index in [-0.39, 0.29) is 0 Å². The van der Waals surface area contributed by atoms with Gasteiger partial charge in [0.1, 0.15) is 11.8 Å². The van der Waals surface area contributed by atoms with Crippen LogP contribution in [0.5, 0.6) is 0 Å². The second-order valence-electron chi connectivity index (χ2n) is 2.89. The van der Waals surface area contributed by atoms with E-state index in [2.05, 4.69) is 17.7 Å². The first-order valence-corrected chi connectivity index (χ1v) is 3.80. The fourth-order valence-corrected chi connectivity index (χ4v) is 0.861. The second-order valence-corrected chi connectivity index (χ2v) is 2.89. The van der Waals surface area contributed by atoms with E-state index in [0.29, 0.717) is 11.6 Å². The van der Waals surface area contributed by atoms with Crippen molar-refractivity contribution in [2.45, 2.75) is 13.8 Å². The second kappa shape index (κ2) is 3.22. The Bertz CT molecular complexity index is 328. The van der Waals surface area contributed by atoms with Gasteiger partial charge in [-0.2, -0.15) is 10.4 Å². The maximum atomic E-state index is 8.69. The molecule has 62 valence electrons. The molecule has 0 fully saturated rings. The number of hydrogen-bond acceptors (Lipinski definition) is 2. The maximum absolute atomic E-state index is 8.69. The third-order valence-corrected chi connectivity index (χ3v) is 1.70. The molecule has 1 heterocycles. The Morgan fingerprint density at radius 3 is 2.92 bits per heavy atom. The summed E-state index contributed by atoms with van der Waals surface area (Å²) in [7, 11) is 0. The standard InChI is InChI=1S/C9H11N3/c1-7(2)8(3)12-9(6-10)4-5-11-12/h4-5,7H,3H2,1-2H3. The lowest BCUT2D eigenvalue weighted by molar-refractivity contribution is 0.741. The first-order chi connectivity index (χ1) is 5.66. The van der Waals surface area contributed by atoms with E-state index >= 15 is 0 Å². The molecule has 1 aromatic heterocycles. The fraction of sp³-hybridized carbons (Fsp3) is 0.333. The van der Waals surface area contributed by atoms with Crippen LogP contribution >= 0.6 is 0 Å². The summed E-state index contributed by atoms with van der Waals surface area (Å²) < 4.78 is 1.57. The summed E-state index contributed by atoms with van der Waals surface area (Å²) >= 11 is 0. The van der Waals surface area contributed by atoms with Crippen molar-refractivity contribution >= 4 is 5.70 Å². The molecule has 1 rings (SSSR count). The van der Waals surface area contributed by atoms with Crippen LogP contribution in [0.25, 0.3) is 5.70 Å². The van der Waals surface area contributed by atoms with Crippen LogP contribution < -0.4 is 0 Å². The lowest BCUT2D eigenvalue weighted by Gasteiger charge is -2.09. The van der Waals surface area contributed by atoms with Gasteiger partial charge in [0, 0.05) is 5.70 Å². The third kappa shape index (κ3) is 1.37. The van der Waals surface area contributed by atoms with Crippen molar-refractivity contribution in [3.8, 4) is 6.07 Å². The Morgan fingerprint density at radius 1 is 1.75 bits per heavy atom. The number of allylic oxidation sites excluding steroid dienone is 1. The molecular weight excluding hydrogens is 150 g/mol. The third-order valence-electron chi connectivity index (χ3n) is 1.70. The van der Waals surface area contributed by atoms with Crippen LogP contribution in [-0.4, -0.2) is 9.78 Å². The van der Waals surface area contributed by atoms with Crippen LogP contribution in [0.3, 0.4) is 0 Å². The zero-order valence-electron chi connectivity index (χ0n) is 7.28. The first kappa shape index (κ1) is 8.54. The molecule has 1 aromatic rings. The van der Waals surface area contributed by atoms with Gasteiger partial charge in [0.05, 0.1) is 6.20 Å². The molecule has 0 spiro atoms. The van der Waals surface area contributed by atoms with Crippen LogP contribution in [0.4, 0.5) is 0 Å². The van der Waals surface area contributed by atoms with E-state index in [1.807, 2.05) is 13.8 Å². The molecule has 0 saturated carbocycles. The molecule has 0 aromatic carbocycles. The van der Waals surface area contributed by atoms with Gasteiger partial charge in [-0.05, 0) is 12.0 Å². The Labute approximate surface area is 71.9 Å². The molecule has 0 aliphatic carbocycles.